The van der Waals surface area contributed by atoms with Gasteiger partial charge in [0.15, 0.2) is 0 Å². The Labute approximate surface area is 145 Å². The molecule has 1 atom stereocenters. The first-order valence-electron chi connectivity index (χ1n) is 8.22. The maximum absolute atomic E-state index is 12.1. The molecule has 1 aliphatic carbocycles. The number of hydrogen-bond donors (Lipinski definition) is 2. The highest BCUT2D eigenvalue weighted by atomic mass is 32.1. The van der Waals surface area contributed by atoms with Crippen LogP contribution < -0.4 is 10.2 Å². The van der Waals surface area contributed by atoms with Gasteiger partial charge in [0.05, 0.1) is 6.54 Å². The minimum atomic E-state index is -1.00. The summed E-state index contributed by atoms with van der Waals surface area (Å²) >= 11 is 1.15. The second-order valence-corrected chi connectivity index (χ2v) is 7.18. The van der Waals surface area contributed by atoms with E-state index >= 15 is 0 Å². The van der Waals surface area contributed by atoms with Gasteiger partial charge in [-0.2, -0.15) is 0 Å². The molecule has 2 N–H and O–H groups in total. The van der Waals surface area contributed by atoms with Crippen molar-refractivity contribution in [2.75, 3.05) is 6.54 Å². The summed E-state index contributed by atoms with van der Waals surface area (Å²) in [6.45, 7) is 2.44. The van der Waals surface area contributed by atoms with Crippen LogP contribution in [0.25, 0.3) is 0 Å². The smallest absolute Gasteiger partial charge is 0.307 e. The number of aromatic nitrogens is 1. The molecule has 5 nitrogen and oxygen atoms in total. The third-order valence-corrected chi connectivity index (χ3v) is 5.55. The van der Waals surface area contributed by atoms with Gasteiger partial charge in [0.25, 0.3) is 0 Å². The third-order valence-electron chi connectivity index (χ3n) is 4.67. The van der Waals surface area contributed by atoms with Crippen LogP contribution in [0, 0.1) is 6.92 Å². The molecule has 0 saturated carbocycles. The van der Waals surface area contributed by atoms with Gasteiger partial charge in [-0.3, -0.25) is 9.59 Å². The van der Waals surface area contributed by atoms with Gasteiger partial charge in [-0.25, -0.2) is 0 Å². The van der Waals surface area contributed by atoms with E-state index in [0.717, 1.165) is 41.0 Å². The number of amides is 1. The highest BCUT2D eigenvalue weighted by Crippen LogP contribution is 2.34. The number of aryl methyl sites for hydroxylation is 2. The third kappa shape index (κ3) is 3.44. The number of aliphatic hydroxyl groups is 1. The summed E-state index contributed by atoms with van der Waals surface area (Å²) in [5.74, 6) is -0.149. The molecule has 1 aromatic carbocycles. The standard InChI is InChI=1S/C18H22N2O3S/c1-13-11-24-17(22)20(13)10-8-16(21)19-12-18(23)9-4-6-14-5-2-3-7-15(14)18/h2-3,5,7,11,23H,4,6,8-10,12H2,1H3,(H,19,21)/t18-/m0/s1. The van der Waals surface area contributed by atoms with Crippen molar-refractivity contribution in [3.63, 3.8) is 0 Å². The number of hydrogen-bond acceptors (Lipinski definition) is 4. The minimum Gasteiger partial charge on any atom is -0.383 e. The van der Waals surface area contributed by atoms with E-state index in [4.69, 9.17) is 0 Å². The van der Waals surface area contributed by atoms with Crippen molar-refractivity contribution in [1.82, 2.24) is 9.88 Å². The first-order chi connectivity index (χ1) is 11.5. The quantitative estimate of drug-likeness (QED) is 0.869. The molecule has 0 aliphatic heterocycles. The number of carbonyl (C=O) groups excluding carboxylic acids is 1. The number of benzene rings is 1. The molecule has 6 heteroatoms. The number of rotatable bonds is 5. The number of thiazole rings is 1. The van der Waals surface area contributed by atoms with Crippen LogP contribution in [0.1, 0.15) is 36.1 Å². The van der Waals surface area contributed by atoms with Crippen molar-refractivity contribution < 1.29 is 9.90 Å². The van der Waals surface area contributed by atoms with Crippen molar-refractivity contribution >= 4 is 17.2 Å². The van der Waals surface area contributed by atoms with Crippen LogP contribution in [0.2, 0.25) is 0 Å². The van der Waals surface area contributed by atoms with Gasteiger partial charge in [0.2, 0.25) is 5.91 Å². The van der Waals surface area contributed by atoms with Gasteiger partial charge in [-0.05, 0) is 37.3 Å². The fraction of sp³-hybridized carbons (Fsp3) is 0.444. The average Bonchev–Trinajstić information content (AvgIpc) is 2.90. The molecule has 0 fully saturated rings. The van der Waals surface area contributed by atoms with E-state index in [1.54, 1.807) is 9.95 Å². The molecule has 0 unspecified atom stereocenters. The van der Waals surface area contributed by atoms with E-state index < -0.39 is 5.60 Å². The largest absolute Gasteiger partial charge is 0.383 e. The van der Waals surface area contributed by atoms with Crippen LogP contribution in [-0.2, 0) is 23.4 Å². The molecule has 1 aliphatic rings. The monoisotopic (exact) mass is 346 g/mol. The molecule has 0 bridgehead atoms. The van der Waals surface area contributed by atoms with E-state index in [0.29, 0.717) is 13.0 Å². The summed E-state index contributed by atoms with van der Waals surface area (Å²) in [4.78, 5) is 23.7. The Morgan fingerprint density at radius 2 is 2.21 bits per heavy atom. The Morgan fingerprint density at radius 1 is 1.42 bits per heavy atom. The zero-order chi connectivity index (χ0) is 17.2. The van der Waals surface area contributed by atoms with Crippen LogP contribution in [-0.4, -0.2) is 22.1 Å². The summed E-state index contributed by atoms with van der Waals surface area (Å²) in [7, 11) is 0. The lowest BCUT2D eigenvalue weighted by molar-refractivity contribution is -0.122. The van der Waals surface area contributed by atoms with E-state index in [1.807, 2.05) is 31.2 Å². The zero-order valence-electron chi connectivity index (χ0n) is 13.7. The van der Waals surface area contributed by atoms with Crippen LogP contribution >= 0.6 is 11.3 Å². The summed E-state index contributed by atoms with van der Waals surface area (Å²) in [6, 6.07) is 7.87. The summed E-state index contributed by atoms with van der Waals surface area (Å²) in [6.07, 6.45) is 2.75. The predicted octanol–water partition coefficient (Wildman–Crippen LogP) is 1.95. The van der Waals surface area contributed by atoms with Gasteiger partial charge in [-0.1, -0.05) is 35.6 Å². The molecular weight excluding hydrogens is 324 g/mol. The Hall–Kier alpha value is -1.92. The average molecular weight is 346 g/mol. The van der Waals surface area contributed by atoms with Crippen LogP contribution in [0.3, 0.4) is 0 Å². The van der Waals surface area contributed by atoms with Gasteiger partial charge in [0, 0.05) is 24.0 Å². The van der Waals surface area contributed by atoms with Crippen molar-refractivity contribution in [1.29, 1.82) is 0 Å². The van der Waals surface area contributed by atoms with Crippen molar-refractivity contribution in [2.24, 2.45) is 0 Å². The molecule has 0 spiro atoms. The number of nitrogens with zero attached hydrogens (tertiary/aromatic N) is 1. The summed E-state index contributed by atoms with van der Waals surface area (Å²) in [5.41, 5.74) is 1.94. The van der Waals surface area contributed by atoms with Crippen molar-refractivity contribution in [2.45, 2.75) is 44.8 Å². The molecule has 3 rings (SSSR count). The summed E-state index contributed by atoms with van der Waals surface area (Å²) < 4.78 is 1.61. The molecule has 0 radical (unpaired) electrons. The topological polar surface area (TPSA) is 71.3 Å². The predicted molar refractivity (Wildman–Crippen MR) is 94.2 cm³/mol. The molecule has 24 heavy (non-hydrogen) atoms. The SMILES string of the molecule is Cc1csc(=O)n1CCC(=O)NC[C@@]1(O)CCCc2ccccc21. The highest BCUT2D eigenvalue weighted by molar-refractivity contribution is 7.07. The fourth-order valence-corrected chi connectivity index (χ4v) is 4.06. The lowest BCUT2D eigenvalue weighted by Crippen LogP contribution is -2.43. The zero-order valence-corrected chi connectivity index (χ0v) is 14.6. The lowest BCUT2D eigenvalue weighted by atomic mass is 9.79. The van der Waals surface area contributed by atoms with Gasteiger partial charge in [-0.15, -0.1) is 0 Å². The Kier molecular flexibility index (Phi) is 4.87. The fourth-order valence-electron chi connectivity index (χ4n) is 3.30. The van der Waals surface area contributed by atoms with E-state index in [1.165, 1.54) is 0 Å². The number of nitrogens with one attached hydrogen (secondary N) is 1. The van der Waals surface area contributed by atoms with Crippen LogP contribution in [0.5, 0.6) is 0 Å². The molecule has 1 aromatic heterocycles. The first-order valence-corrected chi connectivity index (χ1v) is 9.10. The molecule has 1 heterocycles. The Morgan fingerprint density at radius 3 is 2.96 bits per heavy atom. The molecule has 2 aromatic rings. The van der Waals surface area contributed by atoms with Gasteiger partial charge < -0.3 is 15.0 Å². The van der Waals surface area contributed by atoms with Crippen LogP contribution in [0.15, 0.2) is 34.4 Å². The second kappa shape index (κ2) is 6.91. The molecule has 1 amide bonds. The highest BCUT2D eigenvalue weighted by Gasteiger charge is 2.34. The molecule has 0 saturated heterocycles. The molecule has 128 valence electrons. The van der Waals surface area contributed by atoms with E-state index in [2.05, 4.69) is 5.32 Å². The van der Waals surface area contributed by atoms with E-state index in [9.17, 15) is 14.7 Å². The van der Waals surface area contributed by atoms with E-state index in [-0.39, 0.29) is 23.7 Å². The van der Waals surface area contributed by atoms with Gasteiger partial charge >= 0.3 is 4.87 Å². The second-order valence-electron chi connectivity index (χ2n) is 6.36. The van der Waals surface area contributed by atoms with Crippen molar-refractivity contribution in [3.05, 3.63) is 56.1 Å². The normalized spacial score (nSPS) is 19.8. The molecular formula is C18H22N2O3S. The number of carbonyl (C=O) groups is 1. The van der Waals surface area contributed by atoms with Gasteiger partial charge in [0.1, 0.15) is 5.60 Å². The maximum atomic E-state index is 12.1. The Balaban J connectivity index is 1.60. The lowest BCUT2D eigenvalue weighted by Gasteiger charge is -2.34. The first kappa shape index (κ1) is 16.9. The van der Waals surface area contributed by atoms with Crippen LogP contribution in [0.4, 0.5) is 0 Å². The maximum Gasteiger partial charge on any atom is 0.307 e. The number of fused-ring (bicyclic) bond motifs is 1. The summed E-state index contributed by atoms with van der Waals surface area (Å²) in [5, 5.41) is 15.6. The van der Waals surface area contributed by atoms with Crippen molar-refractivity contribution in [3.8, 4) is 0 Å². The minimum absolute atomic E-state index is 0.0415. The Bertz CT molecular complexity index is 796.